The second-order valence-electron chi connectivity index (χ2n) is 6.97. The molecule has 0 radical (unpaired) electrons. The van der Waals surface area contributed by atoms with E-state index in [2.05, 4.69) is 25.4 Å². The van der Waals surface area contributed by atoms with Crippen molar-refractivity contribution in [1.29, 1.82) is 0 Å². The van der Waals surface area contributed by atoms with Crippen molar-refractivity contribution in [3.63, 3.8) is 0 Å². The molecule has 2 aromatic carbocycles. The Bertz CT molecular complexity index is 1090. The van der Waals surface area contributed by atoms with Gasteiger partial charge in [0.15, 0.2) is 0 Å². The molecule has 152 valence electrons. The van der Waals surface area contributed by atoms with Crippen molar-refractivity contribution >= 4 is 16.1 Å². The summed E-state index contributed by atoms with van der Waals surface area (Å²) in [4.78, 5) is 10.8. The first-order chi connectivity index (χ1) is 13.7. The van der Waals surface area contributed by atoms with E-state index in [9.17, 15) is 13.2 Å². The summed E-state index contributed by atoms with van der Waals surface area (Å²) in [6.07, 6.45) is 0.378. The van der Waals surface area contributed by atoms with Crippen LogP contribution in [0.3, 0.4) is 0 Å². The molecule has 1 amide bonds. The minimum atomic E-state index is -3.78. The van der Waals surface area contributed by atoms with Crippen molar-refractivity contribution in [3.8, 4) is 11.1 Å². The first kappa shape index (κ1) is 20.5. The molecule has 0 unspecified atom stereocenters. The molecule has 0 fully saturated rings. The van der Waals surface area contributed by atoms with Crippen molar-refractivity contribution in [2.75, 3.05) is 0 Å². The van der Waals surface area contributed by atoms with Crippen LogP contribution in [-0.4, -0.2) is 35.0 Å². The van der Waals surface area contributed by atoms with Crippen LogP contribution in [0.15, 0.2) is 59.6 Å². The second kappa shape index (κ2) is 8.02. The van der Waals surface area contributed by atoms with Crippen LogP contribution in [0.4, 0.5) is 4.79 Å². The first-order valence-corrected chi connectivity index (χ1v) is 10.2. The molecular formula is C19H21N5O4S. The highest BCUT2D eigenvalue weighted by Crippen LogP contribution is 2.24. The Morgan fingerprint density at radius 3 is 2.48 bits per heavy atom. The summed E-state index contributed by atoms with van der Waals surface area (Å²) in [6, 6.07) is 13.8. The molecule has 0 saturated heterocycles. The molecule has 9 nitrogen and oxygen atoms in total. The molecule has 3 aromatic rings. The first-order valence-electron chi connectivity index (χ1n) is 8.74. The Balaban J connectivity index is 1.79. The number of benzene rings is 2. The molecule has 4 N–H and O–H groups in total. The highest BCUT2D eigenvalue weighted by molar-refractivity contribution is 7.89. The van der Waals surface area contributed by atoms with Gasteiger partial charge >= 0.3 is 6.09 Å². The molecular weight excluding hydrogens is 394 g/mol. The van der Waals surface area contributed by atoms with Gasteiger partial charge < -0.3 is 10.4 Å². The molecule has 0 aliphatic rings. The van der Waals surface area contributed by atoms with Crippen LogP contribution in [0.5, 0.6) is 0 Å². The highest BCUT2D eigenvalue weighted by atomic mass is 32.2. The number of rotatable bonds is 7. The number of aromatic amines is 1. The van der Waals surface area contributed by atoms with Gasteiger partial charge in [0.25, 0.3) is 0 Å². The topological polar surface area (TPSA) is 137 Å². The summed E-state index contributed by atoms with van der Waals surface area (Å²) in [5.41, 5.74) is 2.02. The molecule has 0 aliphatic heterocycles. The van der Waals surface area contributed by atoms with E-state index in [1.165, 1.54) is 18.3 Å². The summed E-state index contributed by atoms with van der Waals surface area (Å²) in [5.74, 6) is 0. The third-order valence-corrected chi connectivity index (χ3v) is 5.99. The number of hydrogen-bond donors (Lipinski definition) is 4. The van der Waals surface area contributed by atoms with E-state index in [1.54, 1.807) is 26.0 Å². The van der Waals surface area contributed by atoms with E-state index in [0.717, 1.165) is 16.7 Å². The Morgan fingerprint density at radius 2 is 1.86 bits per heavy atom. The molecule has 3 rings (SSSR count). The normalized spacial score (nSPS) is 11.9. The Kier molecular flexibility index (Phi) is 5.66. The van der Waals surface area contributed by atoms with Crippen molar-refractivity contribution < 1.29 is 18.3 Å². The van der Waals surface area contributed by atoms with Gasteiger partial charge in [0, 0.05) is 6.54 Å². The van der Waals surface area contributed by atoms with Crippen molar-refractivity contribution in [2.45, 2.75) is 30.8 Å². The third-order valence-electron chi connectivity index (χ3n) is 4.31. The standard InChI is InChI=1S/C19H21N5O4S/c1-19(2,17-12-21-24-22-17)23-29(27,28)16-8-6-14(7-9-16)15-5-3-4-13(10-15)11-20-18(25)26/h3-10,12,20,23H,11H2,1-2H3,(H,25,26)(H,21,22,24). The van der Waals surface area contributed by atoms with E-state index < -0.39 is 21.7 Å². The Hall–Kier alpha value is -3.24. The van der Waals surface area contributed by atoms with Crippen LogP contribution in [0.2, 0.25) is 0 Å². The van der Waals surface area contributed by atoms with Crippen molar-refractivity contribution in [2.24, 2.45) is 0 Å². The minimum absolute atomic E-state index is 0.126. The molecule has 0 saturated carbocycles. The second-order valence-corrected chi connectivity index (χ2v) is 8.65. The van der Waals surface area contributed by atoms with Crippen LogP contribution in [0.1, 0.15) is 25.1 Å². The molecule has 29 heavy (non-hydrogen) atoms. The zero-order chi connectivity index (χ0) is 21.1. The maximum Gasteiger partial charge on any atom is 0.404 e. The Labute approximate surface area is 168 Å². The lowest BCUT2D eigenvalue weighted by atomic mass is 10.0. The maximum absolute atomic E-state index is 12.8. The minimum Gasteiger partial charge on any atom is -0.465 e. The fraction of sp³-hybridized carbons (Fsp3) is 0.211. The van der Waals surface area contributed by atoms with Gasteiger partial charge in [-0.3, -0.25) is 0 Å². The van der Waals surface area contributed by atoms with E-state index in [4.69, 9.17) is 5.11 Å². The van der Waals surface area contributed by atoms with Gasteiger partial charge in [-0.2, -0.15) is 20.1 Å². The molecule has 0 aliphatic carbocycles. The number of nitrogens with zero attached hydrogens (tertiary/aromatic N) is 2. The number of aromatic nitrogens is 3. The van der Waals surface area contributed by atoms with E-state index in [-0.39, 0.29) is 11.4 Å². The monoisotopic (exact) mass is 415 g/mol. The van der Waals surface area contributed by atoms with Crippen molar-refractivity contribution in [3.05, 3.63) is 66.0 Å². The van der Waals surface area contributed by atoms with Gasteiger partial charge in [-0.1, -0.05) is 30.3 Å². The molecule has 0 spiro atoms. The summed E-state index contributed by atoms with van der Waals surface area (Å²) >= 11 is 0. The van der Waals surface area contributed by atoms with Gasteiger partial charge in [0.2, 0.25) is 10.0 Å². The van der Waals surface area contributed by atoms with Gasteiger partial charge in [0.05, 0.1) is 16.6 Å². The number of carboxylic acid groups (broad SMARTS) is 1. The van der Waals surface area contributed by atoms with Gasteiger partial charge in [-0.15, -0.1) is 0 Å². The van der Waals surface area contributed by atoms with Crippen LogP contribution in [0, 0.1) is 0 Å². The summed E-state index contributed by atoms with van der Waals surface area (Å²) in [5, 5.41) is 21.2. The zero-order valence-electron chi connectivity index (χ0n) is 15.9. The fourth-order valence-electron chi connectivity index (χ4n) is 2.81. The summed E-state index contributed by atoms with van der Waals surface area (Å²) in [7, 11) is -3.78. The van der Waals surface area contributed by atoms with Gasteiger partial charge in [0.1, 0.15) is 5.69 Å². The number of carbonyl (C=O) groups is 1. The smallest absolute Gasteiger partial charge is 0.404 e. The lowest BCUT2D eigenvalue weighted by Crippen LogP contribution is -2.41. The average molecular weight is 415 g/mol. The molecule has 0 atom stereocenters. The number of amides is 1. The van der Waals surface area contributed by atoms with Crippen LogP contribution >= 0.6 is 0 Å². The van der Waals surface area contributed by atoms with Crippen molar-refractivity contribution in [1.82, 2.24) is 25.4 Å². The largest absolute Gasteiger partial charge is 0.465 e. The van der Waals surface area contributed by atoms with Crippen LogP contribution in [-0.2, 0) is 22.1 Å². The zero-order valence-corrected chi connectivity index (χ0v) is 16.7. The fourth-order valence-corrected chi connectivity index (χ4v) is 4.20. The van der Waals surface area contributed by atoms with Crippen LogP contribution < -0.4 is 10.0 Å². The lowest BCUT2D eigenvalue weighted by molar-refractivity contribution is 0.194. The van der Waals surface area contributed by atoms with E-state index in [1.807, 2.05) is 24.3 Å². The SMILES string of the molecule is CC(C)(NS(=O)(=O)c1ccc(-c2cccc(CNC(=O)O)c2)cc1)c1cn[nH]n1. The third kappa shape index (κ3) is 4.98. The van der Waals surface area contributed by atoms with Gasteiger partial charge in [-0.25, -0.2) is 13.2 Å². The molecule has 0 bridgehead atoms. The predicted molar refractivity (Wildman–Crippen MR) is 106 cm³/mol. The van der Waals surface area contributed by atoms with E-state index in [0.29, 0.717) is 5.69 Å². The molecule has 1 aromatic heterocycles. The lowest BCUT2D eigenvalue weighted by Gasteiger charge is -2.23. The molecule has 10 heteroatoms. The van der Waals surface area contributed by atoms with Gasteiger partial charge in [-0.05, 0) is 48.7 Å². The number of H-pyrrole nitrogens is 1. The Morgan fingerprint density at radius 1 is 1.14 bits per heavy atom. The average Bonchev–Trinajstić information content (AvgIpc) is 3.22. The summed E-state index contributed by atoms with van der Waals surface area (Å²) in [6.45, 7) is 3.59. The summed E-state index contributed by atoms with van der Waals surface area (Å²) < 4.78 is 28.2. The quantitative estimate of drug-likeness (QED) is 0.468. The predicted octanol–water partition coefficient (Wildman–Crippen LogP) is 2.45. The number of nitrogens with one attached hydrogen (secondary N) is 3. The van der Waals surface area contributed by atoms with E-state index >= 15 is 0 Å². The number of hydrogen-bond acceptors (Lipinski definition) is 5. The maximum atomic E-state index is 12.8. The van der Waals surface area contributed by atoms with Crippen LogP contribution in [0.25, 0.3) is 11.1 Å². The highest BCUT2D eigenvalue weighted by Gasteiger charge is 2.30. The molecule has 1 heterocycles. The number of sulfonamides is 1.